The van der Waals surface area contributed by atoms with Crippen molar-refractivity contribution < 1.29 is 13.6 Å². The fraction of sp³-hybridized carbons (Fsp3) is 0.520. The van der Waals surface area contributed by atoms with Crippen LogP contribution in [-0.2, 0) is 13.6 Å². The Morgan fingerprint density at radius 3 is 1.38 bits per heavy atom. The van der Waals surface area contributed by atoms with Crippen molar-refractivity contribution in [1.29, 1.82) is 0 Å². The smallest absolute Gasteiger partial charge is 0.418 e. The molecular weight excluding hydrogens is 379 g/mol. The van der Waals surface area contributed by atoms with Crippen LogP contribution in [0.5, 0.6) is 0 Å². The van der Waals surface area contributed by atoms with Crippen LogP contribution in [0.4, 0.5) is 0 Å². The lowest BCUT2D eigenvalue weighted by Crippen LogP contribution is -2.09. The second kappa shape index (κ2) is 10.9. The van der Waals surface area contributed by atoms with Crippen LogP contribution in [-0.4, -0.2) is 0 Å². The standard InChI is InChI=1S/C25H41O3P/c1-13-14-23(6)29(26,27-21(4)17-15-19(2)24(7,8)9)28-22(5)18-16-20(3)25(10,11)12/h13-14H,2-6,15-18H2,1,7-12H3/b14-13-. The van der Waals surface area contributed by atoms with E-state index in [2.05, 4.69) is 74.4 Å². The van der Waals surface area contributed by atoms with E-state index in [1.165, 1.54) is 0 Å². The van der Waals surface area contributed by atoms with E-state index in [-0.39, 0.29) is 16.1 Å². The van der Waals surface area contributed by atoms with Crippen molar-refractivity contribution in [1.82, 2.24) is 0 Å². The molecule has 0 saturated carbocycles. The Morgan fingerprint density at radius 2 is 1.10 bits per heavy atom. The van der Waals surface area contributed by atoms with Gasteiger partial charge in [0.05, 0.1) is 5.31 Å². The molecule has 0 aromatic carbocycles. The second-order valence-electron chi connectivity index (χ2n) is 9.46. The summed E-state index contributed by atoms with van der Waals surface area (Å²) in [6.45, 7) is 34.4. The normalized spacial score (nSPS) is 12.5. The molecule has 0 saturated heterocycles. The van der Waals surface area contributed by atoms with E-state index >= 15 is 0 Å². The van der Waals surface area contributed by atoms with Gasteiger partial charge in [-0.25, -0.2) is 4.57 Å². The Morgan fingerprint density at radius 1 is 0.759 bits per heavy atom. The second-order valence-corrected chi connectivity index (χ2v) is 11.4. The Labute approximate surface area is 179 Å². The van der Waals surface area contributed by atoms with E-state index in [0.29, 0.717) is 37.2 Å². The van der Waals surface area contributed by atoms with Gasteiger partial charge in [0.25, 0.3) is 0 Å². The monoisotopic (exact) mass is 420 g/mol. The first-order valence-corrected chi connectivity index (χ1v) is 11.6. The minimum Gasteiger partial charge on any atom is -0.418 e. The summed E-state index contributed by atoms with van der Waals surface area (Å²) in [5.74, 6) is 0.771. The van der Waals surface area contributed by atoms with Gasteiger partial charge in [-0.1, -0.05) is 91.7 Å². The molecule has 0 radical (unpaired) electrons. The molecule has 0 N–H and O–H groups in total. The molecule has 0 aromatic rings. The van der Waals surface area contributed by atoms with Crippen molar-refractivity contribution in [2.45, 2.75) is 74.1 Å². The molecule has 0 rings (SSSR count). The molecule has 164 valence electrons. The van der Waals surface area contributed by atoms with Crippen LogP contribution in [0.2, 0.25) is 0 Å². The quantitative estimate of drug-likeness (QED) is 0.137. The zero-order valence-corrected chi connectivity index (χ0v) is 20.6. The van der Waals surface area contributed by atoms with Crippen LogP contribution in [0.3, 0.4) is 0 Å². The summed E-state index contributed by atoms with van der Waals surface area (Å²) in [6, 6.07) is 0. The minimum atomic E-state index is -3.68. The summed E-state index contributed by atoms with van der Waals surface area (Å²) in [5, 5.41) is 0.270. The summed E-state index contributed by atoms with van der Waals surface area (Å²) in [6.07, 6.45) is 5.80. The van der Waals surface area contributed by atoms with Crippen molar-refractivity contribution in [3.05, 3.63) is 73.0 Å². The Bertz CT molecular complexity index is 676. The van der Waals surface area contributed by atoms with Gasteiger partial charge < -0.3 is 9.05 Å². The highest BCUT2D eigenvalue weighted by Crippen LogP contribution is 2.59. The molecule has 0 aliphatic rings. The SMILES string of the molecule is C=C(CCC(=C)C(C)(C)C)OP(=O)(OC(=C)CCC(=C)C(C)(C)C)C(=C)/C=C\C. The average Bonchev–Trinajstić information content (AvgIpc) is 2.55. The molecule has 4 heteroatoms. The third kappa shape index (κ3) is 10.0. The van der Waals surface area contributed by atoms with Gasteiger partial charge in [0.2, 0.25) is 0 Å². The van der Waals surface area contributed by atoms with Crippen LogP contribution in [0, 0.1) is 10.8 Å². The van der Waals surface area contributed by atoms with Crippen molar-refractivity contribution in [2.75, 3.05) is 0 Å². The fourth-order valence-corrected chi connectivity index (χ4v) is 3.65. The average molecular weight is 421 g/mol. The summed E-state index contributed by atoms with van der Waals surface area (Å²) in [5.41, 5.74) is 2.16. The zero-order chi connectivity index (χ0) is 23.0. The first-order chi connectivity index (χ1) is 13.0. The Hall–Kier alpha value is -1.73. The Kier molecular flexibility index (Phi) is 10.2. The van der Waals surface area contributed by atoms with Gasteiger partial charge in [-0.3, -0.25) is 0 Å². The maximum absolute atomic E-state index is 13.4. The summed E-state index contributed by atoms with van der Waals surface area (Å²) in [7, 11) is -3.68. The van der Waals surface area contributed by atoms with Gasteiger partial charge in [0, 0.05) is 12.8 Å². The summed E-state index contributed by atoms with van der Waals surface area (Å²) >= 11 is 0. The first-order valence-electron chi connectivity index (χ1n) is 10.1. The molecule has 0 aromatic heterocycles. The molecule has 0 aliphatic heterocycles. The molecule has 0 atom stereocenters. The van der Waals surface area contributed by atoms with Gasteiger partial charge in [-0.15, -0.1) is 0 Å². The van der Waals surface area contributed by atoms with Crippen LogP contribution in [0.15, 0.2) is 73.0 Å². The van der Waals surface area contributed by atoms with Crippen LogP contribution >= 0.6 is 7.60 Å². The molecule has 0 amide bonds. The molecular formula is C25H41O3P. The maximum atomic E-state index is 13.4. The molecule has 0 aliphatic carbocycles. The van der Waals surface area contributed by atoms with Gasteiger partial charge in [-0.05, 0) is 36.7 Å². The largest absolute Gasteiger partial charge is 0.461 e. The molecule has 0 heterocycles. The lowest BCUT2D eigenvalue weighted by molar-refractivity contribution is 0.284. The highest BCUT2D eigenvalue weighted by molar-refractivity contribution is 7.59. The molecule has 0 spiro atoms. The van der Waals surface area contributed by atoms with E-state index in [9.17, 15) is 4.57 Å². The van der Waals surface area contributed by atoms with Crippen molar-refractivity contribution in [3.63, 3.8) is 0 Å². The number of rotatable bonds is 12. The predicted molar refractivity (Wildman–Crippen MR) is 128 cm³/mol. The number of hydrogen-bond donors (Lipinski definition) is 0. The lowest BCUT2D eigenvalue weighted by atomic mass is 9.85. The molecule has 3 nitrogen and oxygen atoms in total. The topological polar surface area (TPSA) is 35.5 Å². The van der Waals surface area contributed by atoms with E-state index in [1.807, 2.05) is 6.92 Å². The maximum Gasteiger partial charge on any atom is 0.461 e. The zero-order valence-electron chi connectivity index (χ0n) is 19.7. The van der Waals surface area contributed by atoms with Crippen LogP contribution in [0.1, 0.15) is 74.1 Å². The van der Waals surface area contributed by atoms with Gasteiger partial charge in [-0.2, -0.15) is 0 Å². The van der Waals surface area contributed by atoms with E-state index in [0.717, 1.165) is 11.1 Å². The van der Waals surface area contributed by atoms with E-state index < -0.39 is 7.60 Å². The van der Waals surface area contributed by atoms with Gasteiger partial charge in [0.1, 0.15) is 11.5 Å². The molecule has 0 bridgehead atoms. The van der Waals surface area contributed by atoms with Gasteiger partial charge >= 0.3 is 7.60 Å². The third-order valence-corrected chi connectivity index (χ3v) is 6.59. The minimum absolute atomic E-state index is 0.00123. The van der Waals surface area contributed by atoms with Crippen molar-refractivity contribution >= 4 is 7.60 Å². The van der Waals surface area contributed by atoms with Crippen LogP contribution in [0.25, 0.3) is 0 Å². The van der Waals surface area contributed by atoms with Crippen LogP contribution < -0.4 is 0 Å². The van der Waals surface area contributed by atoms with E-state index in [4.69, 9.17) is 9.05 Å². The first kappa shape index (κ1) is 27.3. The molecule has 0 unspecified atom stereocenters. The van der Waals surface area contributed by atoms with Crippen molar-refractivity contribution in [2.24, 2.45) is 10.8 Å². The highest BCUT2D eigenvalue weighted by Gasteiger charge is 2.32. The van der Waals surface area contributed by atoms with Crippen molar-refractivity contribution in [3.8, 4) is 0 Å². The predicted octanol–water partition coefficient (Wildman–Crippen LogP) is 9.09. The van der Waals surface area contributed by atoms with E-state index in [1.54, 1.807) is 12.2 Å². The molecule has 0 fully saturated rings. The number of allylic oxidation sites excluding steroid dienone is 7. The summed E-state index contributed by atoms with van der Waals surface area (Å²) in [4.78, 5) is 0. The van der Waals surface area contributed by atoms with Gasteiger partial charge in [0.15, 0.2) is 0 Å². The molecule has 29 heavy (non-hydrogen) atoms. The number of hydrogen-bond acceptors (Lipinski definition) is 3. The Balaban J connectivity index is 5.15. The third-order valence-electron chi connectivity index (χ3n) is 4.74. The summed E-state index contributed by atoms with van der Waals surface area (Å²) < 4.78 is 24.9. The highest BCUT2D eigenvalue weighted by atomic mass is 31.2. The lowest BCUT2D eigenvalue weighted by Gasteiger charge is -2.25. The fourth-order valence-electron chi connectivity index (χ4n) is 2.18.